The minimum atomic E-state index is -1.10. The predicted octanol–water partition coefficient (Wildman–Crippen LogP) is 3.47. The molecule has 3 aliphatic heterocycles. The fourth-order valence-corrected chi connectivity index (χ4v) is 7.46. The molecule has 3 fully saturated rings. The summed E-state index contributed by atoms with van der Waals surface area (Å²) < 4.78 is 13.1. The van der Waals surface area contributed by atoms with Crippen LogP contribution >= 0.6 is 11.6 Å². The van der Waals surface area contributed by atoms with Gasteiger partial charge in [-0.15, -0.1) is 0 Å². The van der Waals surface area contributed by atoms with Crippen molar-refractivity contribution >= 4 is 39.9 Å². The number of anilines is 3. The second-order valence-corrected chi connectivity index (χ2v) is 12.3. The molecule has 4 heterocycles. The summed E-state index contributed by atoms with van der Waals surface area (Å²) in [6.07, 6.45) is 5.70. The van der Waals surface area contributed by atoms with E-state index in [2.05, 4.69) is 27.2 Å². The maximum atomic E-state index is 13.1. The Bertz CT molecular complexity index is 1070. The number of aromatic nitrogens is 2. The van der Waals surface area contributed by atoms with Crippen molar-refractivity contribution in [2.24, 2.45) is 11.8 Å². The van der Waals surface area contributed by atoms with E-state index in [9.17, 15) is 9.32 Å². The highest BCUT2D eigenvalue weighted by Gasteiger charge is 2.42. The highest BCUT2D eigenvalue weighted by atomic mass is 35.5. The van der Waals surface area contributed by atoms with E-state index in [1.165, 1.54) is 5.69 Å². The maximum Gasteiger partial charge on any atom is 0.227 e. The minimum absolute atomic E-state index is 0.0716. The molecule has 34 heavy (non-hydrogen) atoms. The Balaban J connectivity index is 1.25. The number of aliphatic hydroxyl groups is 1. The zero-order valence-electron chi connectivity index (χ0n) is 19.4. The number of nitrogens with one attached hydrogen (secondary N) is 1. The number of hydrogen-bond acceptors (Lipinski definition) is 7. The van der Waals surface area contributed by atoms with Crippen molar-refractivity contribution in [3.05, 3.63) is 35.0 Å². The van der Waals surface area contributed by atoms with Crippen LogP contribution in [0.4, 0.5) is 17.5 Å². The number of nitrogens with zero attached hydrogens (tertiary/aromatic N) is 4. The summed E-state index contributed by atoms with van der Waals surface area (Å²) in [4.78, 5) is 15.5. The lowest BCUT2D eigenvalue weighted by molar-refractivity contribution is 0.143. The Labute approximate surface area is 208 Å². The summed E-state index contributed by atoms with van der Waals surface area (Å²) in [6, 6.07) is 8.12. The van der Waals surface area contributed by atoms with Crippen molar-refractivity contribution in [3.8, 4) is 0 Å². The van der Waals surface area contributed by atoms with Crippen molar-refractivity contribution < 1.29 is 9.32 Å². The monoisotopic (exact) mass is 501 g/mol. The van der Waals surface area contributed by atoms with Crippen LogP contribution in [0.3, 0.4) is 0 Å². The summed E-state index contributed by atoms with van der Waals surface area (Å²) in [5.74, 6) is 3.23. The number of rotatable bonds is 5. The minimum Gasteiger partial charge on any atom is -0.394 e. The molecular formula is C25H32ClN5O2S. The molecule has 1 aromatic carbocycles. The highest BCUT2D eigenvalue weighted by molar-refractivity contribution is 7.85. The number of fused-ring (bicyclic) bond motifs is 2. The van der Waals surface area contributed by atoms with Gasteiger partial charge < -0.3 is 20.2 Å². The summed E-state index contributed by atoms with van der Waals surface area (Å²) in [5, 5.41) is 14.3. The first-order valence-corrected chi connectivity index (χ1v) is 14.2. The average Bonchev–Trinajstić information content (AvgIpc) is 3.33. The van der Waals surface area contributed by atoms with Crippen LogP contribution in [-0.2, 0) is 17.2 Å². The van der Waals surface area contributed by atoms with E-state index in [0.29, 0.717) is 23.4 Å². The van der Waals surface area contributed by atoms with E-state index in [4.69, 9.17) is 21.6 Å². The van der Waals surface area contributed by atoms with Crippen molar-refractivity contribution in [3.63, 3.8) is 0 Å². The molecule has 4 aliphatic rings. The second-order valence-electron chi connectivity index (χ2n) is 10.4. The lowest BCUT2D eigenvalue weighted by atomic mass is 9.77. The van der Waals surface area contributed by atoms with E-state index in [-0.39, 0.29) is 12.1 Å². The quantitative estimate of drug-likeness (QED) is 0.649. The van der Waals surface area contributed by atoms with Crippen LogP contribution in [0.2, 0.25) is 5.02 Å². The molecule has 182 valence electrons. The summed E-state index contributed by atoms with van der Waals surface area (Å²) in [6.45, 7) is 3.98. The standard InChI is InChI=1S/C25H32ClN5O2S/c26-19-5-7-20(8-6-19)30-12-17-14-31(15-18(17)13-30)24-27-21-4-1-2-11-34(33)22(21)23(28-24)29-25(16-32)9-3-10-25/h5-8,17-18,32H,1-4,9-16H2,(H,27,28,29). The summed E-state index contributed by atoms with van der Waals surface area (Å²) in [5.41, 5.74) is 1.82. The van der Waals surface area contributed by atoms with Crippen LogP contribution in [0, 0.1) is 11.8 Å². The van der Waals surface area contributed by atoms with Crippen LogP contribution in [0.25, 0.3) is 0 Å². The maximum absolute atomic E-state index is 13.1. The number of benzene rings is 1. The zero-order valence-corrected chi connectivity index (χ0v) is 21.0. The number of halogens is 1. The van der Waals surface area contributed by atoms with Crippen molar-refractivity contribution in [1.29, 1.82) is 0 Å². The Hall–Kier alpha value is -1.90. The predicted molar refractivity (Wildman–Crippen MR) is 136 cm³/mol. The Morgan fingerprint density at radius 3 is 2.38 bits per heavy atom. The molecule has 0 radical (unpaired) electrons. The van der Waals surface area contributed by atoms with Gasteiger partial charge in [-0.3, -0.25) is 4.21 Å². The van der Waals surface area contributed by atoms with Crippen LogP contribution in [0.1, 0.15) is 37.8 Å². The zero-order chi connectivity index (χ0) is 23.3. The van der Waals surface area contributed by atoms with Gasteiger partial charge in [-0.05, 0) is 62.8 Å². The normalized spacial score (nSPS) is 27.6. The van der Waals surface area contributed by atoms with Gasteiger partial charge in [0.25, 0.3) is 0 Å². The molecule has 1 aliphatic carbocycles. The molecule has 0 bridgehead atoms. The number of aliphatic hydroxyl groups excluding tert-OH is 1. The van der Waals surface area contributed by atoms with Gasteiger partial charge >= 0.3 is 0 Å². The van der Waals surface area contributed by atoms with E-state index < -0.39 is 10.8 Å². The molecule has 6 rings (SSSR count). The van der Waals surface area contributed by atoms with Gasteiger partial charge in [-0.2, -0.15) is 4.98 Å². The van der Waals surface area contributed by atoms with Crippen LogP contribution in [-0.4, -0.2) is 63.4 Å². The molecule has 0 spiro atoms. The number of hydrogen-bond donors (Lipinski definition) is 2. The van der Waals surface area contributed by atoms with Crippen molar-refractivity contribution in [1.82, 2.24) is 9.97 Å². The lowest BCUT2D eigenvalue weighted by Crippen LogP contribution is -2.49. The van der Waals surface area contributed by atoms with Crippen LogP contribution < -0.4 is 15.1 Å². The van der Waals surface area contributed by atoms with Crippen molar-refractivity contribution in [2.75, 3.05) is 53.7 Å². The molecular weight excluding hydrogens is 470 g/mol. The number of aryl methyl sites for hydroxylation is 1. The SMILES string of the molecule is O=S1CCCCc2nc(N3CC4CN(c5ccc(Cl)cc5)CC4C3)nc(NC3(CO)CCC3)c21. The van der Waals surface area contributed by atoms with Gasteiger partial charge in [0.1, 0.15) is 10.7 Å². The van der Waals surface area contributed by atoms with E-state index in [1.807, 2.05) is 12.1 Å². The molecule has 2 N–H and O–H groups in total. The molecule has 3 atom stereocenters. The molecule has 2 saturated heterocycles. The molecule has 2 aromatic rings. The summed E-state index contributed by atoms with van der Waals surface area (Å²) >= 11 is 6.07. The van der Waals surface area contributed by atoms with Gasteiger partial charge in [0.2, 0.25) is 5.95 Å². The fraction of sp³-hybridized carbons (Fsp3) is 0.600. The van der Waals surface area contributed by atoms with Crippen LogP contribution in [0.15, 0.2) is 29.2 Å². The Morgan fingerprint density at radius 2 is 1.74 bits per heavy atom. The molecule has 0 amide bonds. The fourth-order valence-electron chi connectivity index (χ4n) is 5.94. The first kappa shape index (κ1) is 22.6. The van der Waals surface area contributed by atoms with Gasteiger partial charge in [-0.25, -0.2) is 4.98 Å². The molecule has 1 aromatic heterocycles. The lowest BCUT2D eigenvalue weighted by Gasteiger charge is -2.42. The Morgan fingerprint density at radius 1 is 1.03 bits per heavy atom. The van der Waals surface area contributed by atoms with E-state index in [0.717, 1.165) is 86.3 Å². The third-order valence-electron chi connectivity index (χ3n) is 8.10. The van der Waals surface area contributed by atoms with E-state index in [1.54, 1.807) is 0 Å². The van der Waals surface area contributed by atoms with Gasteiger partial charge in [-0.1, -0.05) is 11.6 Å². The second kappa shape index (κ2) is 8.95. The molecule has 1 saturated carbocycles. The third-order valence-corrected chi connectivity index (χ3v) is 9.90. The largest absolute Gasteiger partial charge is 0.394 e. The highest BCUT2D eigenvalue weighted by Crippen LogP contribution is 2.40. The first-order chi connectivity index (χ1) is 16.5. The third kappa shape index (κ3) is 4.07. The van der Waals surface area contributed by atoms with Crippen LogP contribution in [0.5, 0.6) is 0 Å². The van der Waals surface area contributed by atoms with Gasteiger partial charge in [0.05, 0.1) is 28.6 Å². The molecule has 3 unspecified atom stereocenters. The average molecular weight is 502 g/mol. The topological polar surface area (TPSA) is 81.6 Å². The molecule has 9 heteroatoms. The van der Waals surface area contributed by atoms with Gasteiger partial charge in [0, 0.05) is 54.5 Å². The molecule has 7 nitrogen and oxygen atoms in total. The van der Waals surface area contributed by atoms with E-state index >= 15 is 0 Å². The summed E-state index contributed by atoms with van der Waals surface area (Å²) in [7, 11) is -1.10. The van der Waals surface area contributed by atoms with Gasteiger partial charge in [0.15, 0.2) is 0 Å². The van der Waals surface area contributed by atoms with Crippen molar-refractivity contribution in [2.45, 2.75) is 49.0 Å². The first-order valence-electron chi connectivity index (χ1n) is 12.5. The smallest absolute Gasteiger partial charge is 0.227 e. The Kier molecular flexibility index (Phi) is 5.94.